The standard InChI is InChI=1S/C43H58N4O12.C14H18N4O3/c1-21-12-11-13-22(2)42(55)45-33-28(20-44-47-17-15-46(9)16-18-47)37(52)30-31(38(33)53)36(51)26(6)40-32(30)41(54)43(8,59-40)57-19-14-29(56-10)23(3)39(58-27(7)48)25(5)35(50)24(4)34(21)49;1-19-10-5-8(6-11(20-2)12(10)21-3)4-9-7-17-14(16)18-13(9)15/h11-14,19-21,23-25,29,34-35,39,49-53H,15-18H2,1-10H3,(H,45,55);5-7H,4H2,1-3H3,(H4,15,16,17,18)/b12-11+,19-14+,22-13-,44-20+;/t21-,23+,24+,25+,29-,34-,35+,39+,43-;/m0./s1. The molecule has 0 radical (unpaired) electrons. The van der Waals surface area contributed by atoms with E-state index >= 15 is 0 Å². The van der Waals surface area contributed by atoms with Crippen LogP contribution >= 0.6 is 0 Å². The van der Waals surface area contributed by atoms with Gasteiger partial charge in [-0.25, -0.2) is 4.98 Å². The van der Waals surface area contributed by atoms with E-state index in [9.17, 15) is 39.9 Å². The second-order valence-corrected chi connectivity index (χ2v) is 20.5. The van der Waals surface area contributed by atoms with Crippen molar-refractivity contribution < 1.29 is 73.1 Å². The number of aromatic nitrogens is 2. The molecule has 434 valence electrons. The smallest absolute Gasteiger partial charge is 0.312 e. The average molecular weight is 1110 g/mol. The Morgan fingerprint density at radius 3 is 2.14 bits per heavy atom. The molecule has 1 saturated heterocycles. The van der Waals surface area contributed by atoms with Gasteiger partial charge in [0.25, 0.3) is 11.7 Å². The predicted octanol–water partition coefficient (Wildman–Crippen LogP) is 5.59. The Morgan fingerprint density at radius 2 is 1.55 bits per heavy atom. The van der Waals surface area contributed by atoms with Crippen molar-refractivity contribution in [2.45, 2.75) is 92.0 Å². The SMILES string of the molecule is CO[C@H]1/C=C/O[C@@]2(C)Oc3c(C)c(O)c4c(O)c(c(/C=N/N5CCN(C)CC5)c(O)c4c3C2=O)NC(=O)/C(C)=C\C=C\[C@H](C)[C@H](O)[C@@H](C)[C@@H](O)[C@@H](C)[C@H](OC(C)=O)[C@@H]1C.COc1cc(Cc2cnc(N)nc2N)cc(OC)c1OC. The highest BCUT2D eigenvalue weighted by Crippen LogP contribution is 2.55. The number of ketones is 1. The summed E-state index contributed by atoms with van der Waals surface area (Å²) in [5.41, 5.74) is 12.7. The molecule has 1 fully saturated rings. The quantitative estimate of drug-likeness (QED) is 0.0438. The van der Waals surface area contributed by atoms with Gasteiger partial charge in [-0.15, -0.1) is 0 Å². The number of benzene rings is 3. The Hall–Kier alpha value is -7.86. The van der Waals surface area contributed by atoms with E-state index in [4.69, 9.17) is 44.6 Å². The molecule has 8 rings (SSSR count). The lowest BCUT2D eigenvalue weighted by molar-refractivity contribution is -0.160. The normalized spacial score (nSPS) is 26.3. The number of hydrazone groups is 1. The molecule has 0 saturated carbocycles. The van der Waals surface area contributed by atoms with Crippen molar-refractivity contribution in [1.82, 2.24) is 19.9 Å². The number of nitrogen functional groups attached to an aromatic ring is 2. The summed E-state index contributed by atoms with van der Waals surface area (Å²) in [7, 11) is 8.12. The third-order valence-electron chi connectivity index (χ3n) is 14.9. The van der Waals surface area contributed by atoms with Crippen LogP contribution in [0.1, 0.15) is 81.1 Å². The van der Waals surface area contributed by atoms with E-state index in [1.165, 1.54) is 59.4 Å². The minimum Gasteiger partial charge on any atom is -0.507 e. The van der Waals surface area contributed by atoms with E-state index in [0.717, 1.165) is 24.2 Å². The second kappa shape index (κ2) is 25.9. The zero-order valence-corrected chi connectivity index (χ0v) is 47.6. The van der Waals surface area contributed by atoms with Gasteiger partial charge in [0.05, 0.1) is 74.3 Å². The number of phenolic OH excluding ortho intramolecular Hbond substituents is 3. The lowest BCUT2D eigenvalue weighted by Crippen LogP contribution is -2.46. The molecule has 80 heavy (non-hydrogen) atoms. The van der Waals surface area contributed by atoms with Crippen LogP contribution in [-0.4, -0.2) is 161 Å². The number of hydrogen-bond acceptors (Lipinski definition) is 22. The number of allylic oxidation sites excluding steroid dienone is 2. The van der Waals surface area contributed by atoms with Crippen LogP contribution in [0.2, 0.25) is 0 Å². The number of carbonyl (C=O) groups is 3. The fourth-order valence-corrected chi connectivity index (χ4v) is 9.95. The molecule has 4 aliphatic heterocycles. The maximum absolute atomic E-state index is 14.4. The van der Waals surface area contributed by atoms with E-state index in [2.05, 4.69) is 25.3 Å². The van der Waals surface area contributed by atoms with Gasteiger partial charge in [0.2, 0.25) is 11.7 Å². The number of hydrogen-bond donors (Lipinski definition) is 8. The molecule has 23 heteroatoms. The number of phenols is 3. The number of Topliss-reactive ketones (excluding diaryl/α,β-unsaturated/α-hetero) is 1. The van der Waals surface area contributed by atoms with Crippen LogP contribution in [0.5, 0.6) is 40.2 Å². The summed E-state index contributed by atoms with van der Waals surface area (Å²) < 4.78 is 39.5. The highest BCUT2D eigenvalue weighted by atomic mass is 16.7. The summed E-state index contributed by atoms with van der Waals surface area (Å²) in [6, 6.07) is 3.72. The predicted molar refractivity (Wildman–Crippen MR) is 300 cm³/mol. The number of fused-ring (bicyclic) bond motifs is 14. The van der Waals surface area contributed by atoms with Crippen molar-refractivity contribution in [3.8, 4) is 40.2 Å². The maximum atomic E-state index is 14.4. The molecule has 0 spiro atoms. The van der Waals surface area contributed by atoms with Crippen LogP contribution < -0.4 is 35.7 Å². The number of nitrogens with one attached hydrogen (secondary N) is 1. The van der Waals surface area contributed by atoms with Gasteiger partial charge in [0, 0.05) is 106 Å². The number of nitrogens with zero attached hydrogens (tertiary/aromatic N) is 5. The number of ether oxygens (including phenoxy) is 7. The molecule has 5 heterocycles. The van der Waals surface area contributed by atoms with E-state index in [0.29, 0.717) is 42.6 Å². The van der Waals surface area contributed by atoms with E-state index < -0.39 is 88.8 Å². The first kappa shape index (κ1) is 61.4. The summed E-state index contributed by atoms with van der Waals surface area (Å²) in [4.78, 5) is 50.5. The molecule has 0 aliphatic carbocycles. The van der Waals surface area contributed by atoms with Gasteiger partial charge in [-0.3, -0.25) is 19.4 Å². The largest absolute Gasteiger partial charge is 0.507 e. The van der Waals surface area contributed by atoms with Crippen molar-refractivity contribution in [2.24, 2.45) is 28.8 Å². The molecule has 0 unspecified atom stereocenters. The summed E-state index contributed by atoms with van der Waals surface area (Å²) in [6.07, 6.45) is 7.00. The van der Waals surface area contributed by atoms with Crippen LogP contribution in [0.25, 0.3) is 10.8 Å². The highest BCUT2D eigenvalue weighted by molar-refractivity contribution is 6.24. The van der Waals surface area contributed by atoms with Crippen molar-refractivity contribution in [2.75, 3.05) is 78.5 Å². The fraction of sp³-hybridized carbons (Fsp3) is 0.474. The van der Waals surface area contributed by atoms with Gasteiger partial charge in [-0.05, 0) is 44.7 Å². The van der Waals surface area contributed by atoms with Gasteiger partial charge >= 0.3 is 11.8 Å². The number of carbonyl (C=O) groups excluding carboxylic acids is 3. The van der Waals surface area contributed by atoms with Gasteiger partial charge in [-0.2, -0.15) is 10.1 Å². The number of amides is 1. The van der Waals surface area contributed by atoms with Gasteiger partial charge in [-0.1, -0.05) is 45.9 Å². The molecule has 4 aliphatic rings. The summed E-state index contributed by atoms with van der Waals surface area (Å²) >= 11 is 0. The molecule has 10 N–H and O–H groups in total. The van der Waals surface area contributed by atoms with Gasteiger partial charge in [0.1, 0.15) is 29.2 Å². The molecular formula is C57H76N8O15. The number of piperazine rings is 1. The number of anilines is 3. The summed E-state index contributed by atoms with van der Waals surface area (Å²) in [5.74, 6) is -6.11. The third-order valence-corrected chi connectivity index (χ3v) is 14.9. The second-order valence-electron chi connectivity index (χ2n) is 20.5. The number of likely N-dealkylation sites (N-methyl/N-ethyl adjacent to an activating group) is 1. The average Bonchev–Trinajstić information content (AvgIpc) is 3.91. The molecule has 23 nitrogen and oxygen atoms in total. The molecule has 4 aromatic rings. The van der Waals surface area contributed by atoms with Crippen LogP contribution in [0.3, 0.4) is 0 Å². The zero-order chi connectivity index (χ0) is 59.1. The van der Waals surface area contributed by atoms with Crippen LogP contribution in [-0.2, 0) is 30.2 Å². The summed E-state index contributed by atoms with van der Waals surface area (Å²) in [6.45, 7) is 15.1. The monoisotopic (exact) mass is 1110 g/mol. The number of aliphatic hydroxyl groups excluding tert-OH is 2. The topological polar surface area (TPSA) is 326 Å². The lowest BCUT2D eigenvalue weighted by Gasteiger charge is -2.38. The fourth-order valence-electron chi connectivity index (χ4n) is 9.95. The molecule has 5 bridgehead atoms. The van der Waals surface area contributed by atoms with Crippen LogP contribution in [0, 0.1) is 30.6 Å². The van der Waals surface area contributed by atoms with Gasteiger partial charge in [0.15, 0.2) is 17.2 Å². The molecule has 3 aromatic carbocycles. The Bertz CT molecular complexity index is 3040. The molecular weight excluding hydrogens is 1040 g/mol. The Labute approximate surface area is 465 Å². The highest BCUT2D eigenvalue weighted by Gasteiger charge is 2.50. The van der Waals surface area contributed by atoms with Gasteiger partial charge < -0.3 is 80.4 Å². The van der Waals surface area contributed by atoms with Crippen molar-refractivity contribution in [3.63, 3.8) is 0 Å². The van der Waals surface area contributed by atoms with E-state index in [1.54, 1.807) is 72.4 Å². The number of rotatable bonds is 9. The number of aliphatic hydroxyl groups is 2. The van der Waals surface area contributed by atoms with Crippen molar-refractivity contribution in [1.29, 1.82) is 0 Å². The number of nitrogens with two attached hydrogens (primary N) is 2. The third kappa shape index (κ3) is 13.1. The first-order valence-corrected chi connectivity index (χ1v) is 26.0. The Kier molecular flexibility index (Phi) is 19.9. The summed E-state index contributed by atoms with van der Waals surface area (Å²) in [5, 5.41) is 66.8. The Balaban J connectivity index is 0.000000410. The van der Waals surface area contributed by atoms with Crippen molar-refractivity contribution >= 4 is 52.1 Å². The maximum Gasteiger partial charge on any atom is 0.312 e. The number of aromatic hydroxyl groups is 3. The first-order chi connectivity index (χ1) is 37.8. The first-order valence-electron chi connectivity index (χ1n) is 26.0. The lowest BCUT2D eigenvalue weighted by atomic mass is 9.78. The Morgan fingerprint density at radius 1 is 0.900 bits per heavy atom. The number of esters is 1. The van der Waals surface area contributed by atoms with Crippen molar-refractivity contribution in [3.05, 3.63) is 82.3 Å². The zero-order valence-electron chi connectivity index (χ0n) is 47.6. The van der Waals surface area contributed by atoms with E-state index in [-0.39, 0.29) is 50.4 Å². The molecule has 9 atom stereocenters. The van der Waals surface area contributed by atoms with E-state index in [1.807, 2.05) is 19.2 Å². The minimum absolute atomic E-state index is 0.0559. The molecule has 1 amide bonds. The minimum atomic E-state index is -2.04. The van der Waals surface area contributed by atoms with Crippen LogP contribution in [0.4, 0.5) is 17.5 Å². The van der Waals surface area contributed by atoms with Crippen LogP contribution in [0.15, 0.2) is 59.6 Å². The molecule has 1 aromatic heterocycles. The number of methoxy groups -OCH3 is 4.